The molecule has 0 unspecified atom stereocenters. The third-order valence-corrected chi connectivity index (χ3v) is 3.66. The lowest BCUT2D eigenvalue weighted by Crippen LogP contribution is -1.86. The molecule has 20 heavy (non-hydrogen) atoms. The first-order valence-corrected chi connectivity index (χ1v) is 7.12. The minimum absolute atomic E-state index is 1.07. The van der Waals surface area contributed by atoms with Gasteiger partial charge in [-0.2, -0.15) is 0 Å². The fourth-order valence-corrected chi connectivity index (χ4v) is 2.56. The number of hydrogen-bond donors (Lipinski definition) is 0. The highest BCUT2D eigenvalue weighted by Crippen LogP contribution is 2.32. The van der Waals surface area contributed by atoms with Crippen LogP contribution in [0.4, 0.5) is 0 Å². The summed E-state index contributed by atoms with van der Waals surface area (Å²) in [5, 5.41) is 0. The Morgan fingerprint density at radius 3 is 1.90 bits per heavy atom. The molecule has 98 valence electrons. The van der Waals surface area contributed by atoms with Gasteiger partial charge in [0.05, 0.1) is 0 Å². The van der Waals surface area contributed by atoms with E-state index in [-0.39, 0.29) is 0 Å². The molecule has 0 radical (unpaired) electrons. The molecular weight excluding hydrogens is 240 g/mol. The smallest absolute Gasteiger partial charge is 0.0105 e. The van der Waals surface area contributed by atoms with Gasteiger partial charge in [-0.25, -0.2) is 0 Å². The van der Waals surface area contributed by atoms with Crippen LogP contribution in [-0.4, -0.2) is 0 Å². The highest BCUT2D eigenvalue weighted by molar-refractivity contribution is 5.83. The van der Waals surface area contributed by atoms with Crippen LogP contribution in [0, 0.1) is 0 Å². The van der Waals surface area contributed by atoms with E-state index in [1.165, 1.54) is 27.8 Å². The first-order chi connectivity index (χ1) is 9.88. The van der Waals surface area contributed by atoms with Crippen molar-refractivity contribution < 1.29 is 0 Å². The van der Waals surface area contributed by atoms with Crippen molar-refractivity contribution in [3.63, 3.8) is 0 Å². The van der Waals surface area contributed by atoms with E-state index in [0.29, 0.717) is 0 Å². The fraction of sp³-hybridized carbons (Fsp3) is 0.100. The lowest BCUT2D eigenvalue weighted by molar-refractivity contribution is 1.14. The van der Waals surface area contributed by atoms with Crippen LogP contribution < -0.4 is 0 Å². The van der Waals surface area contributed by atoms with Crippen LogP contribution in [0.2, 0.25) is 0 Å². The Hall–Kier alpha value is -2.34. The second-order valence-electron chi connectivity index (χ2n) is 4.97. The van der Waals surface area contributed by atoms with Gasteiger partial charge in [0.1, 0.15) is 0 Å². The van der Waals surface area contributed by atoms with E-state index in [4.69, 9.17) is 0 Å². The average Bonchev–Trinajstić information content (AvgIpc) is 2.56. The van der Waals surface area contributed by atoms with Gasteiger partial charge < -0.3 is 0 Å². The van der Waals surface area contributed by atoms with Crippen LogP contribution in [0.1, 0.15) is 12.5 Å². The molecule has 0 spiro atoms. The van der Waals surface area contributed by atoms with Crippen molar-refractivity contribution >= 4 is 0 Å². The Bertz CT molecular complexity index is 696. The van der Waals surface area contributed by atoms with Crippen molar-refractivity contribution in [1.29, 1.82) is 0 Å². The fourth-order valence-electron chi connectivity index (χ4n) is 2.56. The largest absolute Gasteiger partial charge is 0.0622 e. The highest BCUT2D eigenvalue weighted by atomic mass is 14.1. The molecule has 0 heterocycles. The molecule has 0 saturated carbocycles. The SMILES string of the molecule is CCc1cccc(-c2ccccc2-c2ccccc2)c1. The average molecular weight is 258 g/mol. The van der Waals surface area contributed by atoms with Crippen molar-refractivity contribution in [2.24, 2.45) is 0 Å². The maximum atomic E-state index is 2.29. The molecule has 0 amide bonds. The van der Waals surface area contributed by atoms with Crippen molar-refractivity contribution in [2.75, 3.05) is 0 Å². The van der Waals surface area contributed by atoms with Gasteiger partial charge >= 0.3 is 0 Å². The normalized spacial score (nSPS) is 10.4. The van der Waals surface area contributed by atoms with Gasteiger partial charge in [-0.3, -0.25) is 0 Å². The number of rotatable bonds is 3. The minimum Gasteiger partial charge on any atom is -0.0622 e. The summed E-state index contributed by atoms with van der Waals surface area (Å²) in [5.41, 5.74) is 6.54. The predicted octanol–water partition coefficient (Wildman–Crippen LogP) is 5.58. The summed E-state index contributed by atoms with van der Waals surface area (Å²) in [6.45, 7) is 2.20. The van der Waals surface area contributed by atoms with Crippen molar-refractivity contribution in [3.05, 3.63) is 84.4 Å². The van der Waals surface area contributed by atoms with Gasteiger partial charge in [0.2, 0.25) is 0 Å². The van der Waals surface area contributed by atoms with Gasteiger partial charge in [-0.05, 0) is 34.2 Å². The zero-order valence-electron chi connectivity index (χ0n) is 11.7. The van der Waals surface area contributed by atoms with Crippen LogP contribution in [0.5, 0.6) is 0 Å². The molecule has 0 aromatic heterocycles. The third-order valence-electron chi connectivity index (χ3n) is 3.66. The second-order valence-corrected chi connectivity index (χ2v) is 4.97. The molecule has 3 rings (SSSR count). The monoisotopic (exact) mass is 258 g/mol. The molecule has 0 N–H and O–H groups in total. The van der Waals surface area contributed by atoms with Gasteiger partial charge in [0, 0.05) is 0 Å². The van der Waals surface area contributed by atoms with Gasteiger partial charge in [0.15, 0.2) is 0 Å². The quantitative estimate of drug-likeness (QED) is 0.575. The van der Waals surface area contributed by atoms with Gasteiger partial charge in [-0.1, -0.05) is 85.8 Å². The summed E-state index contributed by atoms with van der Waals surface area (Å²) < 4.78 is 0. The van der Waals surface area contributed by atoms with Gasteiger partial charge in [0.25, 0.3) is 0 Å². The number of aryl methyl sites for hydroxylation is 1. The summed E-state index contributed by atoms with van der Waals surface area (Å²) in [4.78, 5) is 0. The van der Waals surface area contributed by atoms with Crippen LogP contribution in [0.25, 0.3) is 22.3 Å². The summed E-state index contributed by atoms with van der Waals surface area (Å²) in [5.74, 6) is 0. The Kier molecular flexibility index (Phi) is 3.64. The molecule has 0 saturated heterocycles. The van der Waals surface area contributed by atoms with Crippen LogP contribution in [-0.2, 0) is 6.42 Å². The number of benzene rings is 3. The van der Waals surface area contributed by atoms with Crippen LogP contribution in [0.15, 0.2) is 78.9 Å². The van der Waals surface area contributed by atoms with Crippen LogP contribution >= 0.6 is 0 Å². The molecule has 0 aliphatic heterocycles. The Labute approximate surface area is 120 Å². The van der Waals surface area contributed by atoms with E-state index in [9.17, 15) is 0 Å². The first-order valence-electron chi connectivity index (χ1n) is 7.12. The maximum absolute atomic E-state index is 2.29. The standard InChI is InChI=1S/C20H18/c1-2-16-9-8-12-18(15-16)20-14-7-6-13-19(20)17-10-4-3-5-11-17/h3-15H,2H2,1H3. The Morgan fingerprint density at radius 2 is 1.20 bits per heavy atom. The lowest BCUT2D eigenvalue weighted by Gasteiger charge is -2.11. The molecule has 3 aromatic carbocycles. The predicted molar refractivity (Wildman–Crippen MR) is 86.7 cm³/mol. The van der Waals surface area contributed by atoms with Crippen molar-refractivity contribution in [3.8, 4) is 22.3 Å². The molecule has 0 fully saturated rings. The van der Waals surface area contributed by atoms with E-state index >= 15 is 0 Å². The van der Waals surface area contributed by atoms with E-state index < -0.39 is 0 Å². The summed E-state index contributed by atoms with van der Waals surface area (Å²) in [6.07, 6.45) is 1.07. The van der Waals surface area contributed by atoms with E-state index in [0.717, 1.165) is 6.42 Å². The molecule has 0 atom stereocenters. The van der Waals surface area contributed by atoms with Crippen molar-refractivity contribution in [2.45, 2.75) is 13.3 Å². The molecule has 0 aliphatic rings. The topological polar surface area (TPSA) is 0 Å². The van der Waals surface area contributed by atoms with E-state index in [1.807, 2.05) is 0 Å². The molecule has 0 nitrogen and oxygen atoms in total. The zero-order chi connectivity index (χ0) is 13.8. The molecule has 3 aromatic rings. The highest BCUT2D eigenvalue weighted by Gasteiger charge is 2.06. The molecule has 0 bridgehead atoms. The second kappa shape index (κ2) is 5.75. The summed E-state index contributed by atoms with van der Waals surface area (Å²) in [7, 11) is 0. The summed E-state index contributed by atoms with van der Waals surface area (Å²) in [6, 6.07) is 28.0. The summed E-state index contributed by atoms with van der Waals surface area (Å²) >= 11 is 0. The minimum atomic E-state index is 1.07. The molecule has 0 aliphatic carbocycles. The first kappa shape index (κ1) is 12.7. The maximum Gasteiger partial charge on any atom is -0.0105 e. The van der Waals surface area contributed by atoms with Gasteiger partial charge in [-0.15, -0.1) is 0 Å². The van der Waals surface area contributed by atoms with E-state index in [1.54, 1.807) is 0 Å². The third kappa shape index (κ3) is 2.50. The lowest BCUT2D eigenvalue weighted by atomic mass is 9.93. The Morgan fingerprint density at radius 1 is 0.600 bits per heavy atom. The molecule has 0 heteroatoms. The Balaban J connectivity index is 2.15. The van der Waals surface area contributed by atoms with E-state index in [2.05, 4.69) is 85.8 Å². The zero-order valence-corrected chi connectivity index (χ0v) is 11.7. The number of hydrogen-bond acceptors (Lipinski definition) is 0. The molecular formula is C20H18. The van der Waals surface area contributed by atoms with Crippen LogP contribution in [0.3, 0.4) is 0 Å². The van der Waals surface area contributed by atoms with Crippen molar-refractivity contribution in [1.82, 2.24) is 0 Å².